The van der Waals surface area contributed by atoms with Crippen molar-refractivity contribution in [2.45, 2.75) is 46.5 Å². The summed E-state index contributed by atoms with van der Waals surface area (Å²) in [5.41, 5.74) is 6.49. The van der Waals surface area contributed by atoms with Gasteiger partial charge >= 0.3 is 0 Å². The van der Waals surface area contributed by atoms with E-state index in [-0.39, 0.29) is 11.8 Å². The lowest BCUT2D eigenvalue weighted by Gasteiger charge is -2.27. The van der Waals surface area contributed by atoms with Gasteiger partial charge in [-0.2, -0.15) is 0 Å². The minimum Gasteiger partial charge on any atom is -0.349 e. The molecule has 1 aromatic heterocycles. The van der Waals surface area contributed by atoms with Crippen LogP contribution in [-0.4, -0.2) is 29.5 Å². The number of fused-ring (bicyclic) bond motifs is 5. The van der Waals surface area contributed by atoms with Crippen molar-refractivity contribution in [2.75, 3.05) is 14.1 Å². The van der Waals surface area contributed by atoms with Crippen molar-refractivity contribution in [3.8, 4) is 11.3 Å². The summed E-state index contributed by atoms with van der Waals surface area (Å²) in [6, 6.07) is 17.1. The first-order valence-electron chi connectivity index (χ1n) is 10.4. The average Bonchev–Trinajstić information content (AvgIpc) is 3.05. The molecule has 0 fully saturated rings. The monoisotopic (exact) mass is 378 g/mol. The summed E-state index contributed by atoms with van der Waals surface area (Å²) < 4.78 is 2.29. The van der Waals surface area contributed by atoms with E-state index in [0.717, 1.165) is 6.42 Å². The van der Waals surface area contributed by atoms with E-state index in [1.165, 1.54) is 33.3 Å². The van der Waals surface area contributed by atoms with Crippen LogP contribution in [0.3, 0.4) is 0 Å². The van der Waals surface area contributed by atoms with Crippen LogP contribution in [0.1, 0.15) is 51.2 Å². The Morgan fingerprint density at radius 3 is 2.29 bits per heavy atom. The standard InChI is InChI=1S/C21H22N2O.2C2H6/c1-22(2)19(24)13-15-12-14-8-4-5-9-16(14)21-20(15)17-10-6-7-11-18(17)23(21)3;2*1-2/h4-11,15H,12-13H2,1-3H3;2*1-2H3. The van der Waals surface area contributed by atoms with Gasteiger partial charge in [0.15, 0.2) is 0 Å². The average molecular weight is 379 g/mol. The van der Waals surface area contributed by atoms with Crippen molar-refractivity contribution in [2.24, 2.45) is 7.05 Å². The van der Waals surface area contributed by atoms with E-state index in [4.69, 9.17) is 0 Å². The molecule has 0 N–H and O–H groups in total. The number of carbonyl (C=O) groups excluding carboxylic acids is 1. The second-order valence-electron chi connectivity index (χ2n) is 6.89. The van der Waals surface area contributed by atoms with Gasteiger partial charge in [-0.3, -0.25) is 4.79 Å². The van der Waals surface area contributed by atoms with Gasteiger partial charge in [0.2, 0.25) is 5.91 Å². The molecule has 1 aliphatic rings. The molecule has 0 spiro atoms. The van der Waals surface area contributed by atoms with Gasteiger partial charge in [0, 0.05) is 44.0 Å². The molecule has 150 valence electrons. The van der Waals surface area contributed by atoms with Crippen molar-refractivity contribution in [3.05, 3.63) is 59.7 Å². The minimum absolute atomic E-state index is 0.193. The highest BCUT2D eigenvalue weighted by Gasteiger charge is 2.31. The summed E-state index contributed by atoms with van der Waals surface area (Å²) in [7, 11) is 5.81. The molecule has 0 bridgehead atoms. The third kappa shape index (κ3) is 3.84. The molecule has 1 heterocycles. The SMILES string of the molecule is CC.CC.CN(C)C(=O)CC1Cc2ccccc2-c2c1c1ccccc1n2C. The third-order valence-corrected chi connectivity index (χ3v) is 5.21. The zero-order chi connectivity index (χ0) is 20.8. The number of nitrogens with zero attached hydrogens (tertiary/aromatic N) is 2. The molecule has 28 heavy (non-hydrogen) atoms. The van der Waals surface area contributed by atoms with Gasteiger partial charge in [-0.25, -0.2) is 0 Å². The van der Waals surface area contributed by atoms with Gasteiger partial charge in [-0.1, -0.05) is 70.2 Å². The van der Waals surface area contributed by atoms with Crippen molar-refractivity contribution in [3.63, 3.8) is 0 Å². The molecule has 1 unspecified atom stereocenters. The van der Waals surface area contributed by atoms with Crippen molar-refractivity contribution < 1.29 is 4.79 Å². The molecule has 0 saturated carbocycles. The molecule has 3 heteroatoms. The van der Waals surface area contributed by atoms with E-state index in [9.17, 15) is 4.79 Å². The second-order valence-corrected chi connectivity index (χ2v) is 6.89. The lowest BCUT2D eigenvalue weighted by atomic mass is 9.79. The molecule has 3 aromatic rings. The fourth-order valence-electron chi connectivity index (χ4n) is 4.03. The zero-order valence-electron chi connectivity index (χ0n) is 18.4. The molecule has 1 aliphatic carbocycles. The lowest BCUT2D eigenvalue weighted by Crippen LogP contribution is -2.25. The number of benzene rings is 2. The van der Waals surface area contributed by atoms with Gasteiger partial charge in [0.1, 0.15) is 0 Å². The van der Waals surface area contributed by atoms with Crippen LogP contribution < -0.4 is 0 Å². The Bertz CT molecular complexity index is 937. The number of para-hydroxylation sites is 1. The van der Waals surface area contributed by atoms with Gasteiger partial charge < -0.3 is 9.47 Å². The normalized spacial score (nSPS) is 14.0. The van der Waals surface area contributed by atoms with Crippen LogP contribution in [0.4, 0.5) is 0 Å². The Morgan fingerprint density at radius 2 is 1.61 bits per heavy atom. The maximum absolute atomic E-state index is 12.4. The number of amides is 1. The van der Waals surface area contributed by atoms with Gasteiger partial charge in [0.25, 0.3) is 0 Å². The Labute approximate surface area is 170 Å². The number of aryl methyl sites for hydroxylation is 1. The largest absolute Gasteiger partial charge is 0.349 e. The predicted octanol–water partition coefficient (Wildman–Crippen LogP) is 6.02. The van der Waals surface area contributed by atoms with E-state index >= 15 is 0 Å². The van der Waals surface area contributed by atoms with E-state index < -0.39 is 0 Å². The van der Waals surface area contributed by atoms with E-state index in [1.807, 2.05) is 41.8 Å². The van der Waals surface area contributed by atoms with Crippen LogP contribution in [0.2, 0.25) is 0 Å². The molecule has 3 nitrogen and oxygen atoms in total. The van der Waals surface area contributed by atoms with E-state index in [1.54, 1.807) is 4.90 Å². The first kappa shape index (κ1) is 21.7. The highest BCUT2D eigenvalue weighted by molar-refractivity contribution is 5.95. The Kier molecular flexibility index (Phi) is 7.45. The van der Waals surface area contributed by atoms with Crippen LogP contribution in [-0.2, 0) is 18.3 Å². The molecule has 0 radical (unpaired) electrons. The molecule has 2 aromatic carbocycles. The predicted molar refractivity (Wildman–Crippen MR) is 121 cm³/mol. The maximum Gasteiger partial charge on any atom is 0.222 e. The van der Waals surface area contributed by atoms with Crippen LogP contribution in [0.5, 0.6) is 0 Å². The topological polar surface area (TPSA) is 25.2 Å². The van der Waals surface area contributed by atoms with Gasteiger partial charge in [-0.15, -0.1) is 0 Å². The number of aromatic nitrogens is 1. The van der Waals surface area contributed by atoms with Crippen molar-refractivity contribution >= 4 is 16.8 Å². The lowest BCUT2D eigenvalue weighted by molar-refractivity contribution is -0.129. The molecule has 0 aliphatic heterocycles. The Morgan fingerprint density at radius 1 is 1.00 bits per heavy atom. The smallest absolute Gasteiger partial charge is 0.222 e. The summed E-state index contributed by atoms with van der Waals surface area (Å²) in [4.78, 5) is 14.1. The highest BCUT2D eigenvalue weighted by Crippen LogP contribution is 2.45. The second kappa shape index (κ2) is 9.59. The number of hydrogen-bond acceptors (Lipinski definition) is 1. The summed E-state index contributed by atoms with van der Waals surface area (Å²) in [6.07, 6.45) is 1.49. The number of carbonyl (C=O) groups is 1. The molecular weight excluding hydrogens is 344 g/mol. The van der Waals surface area contributed by atoms with Crippen LogP contribution in [0.15, 0.2) is 48.5 Å². The first-order valence-corrected chi connectivity index (χ1v) is 10.4. The maximum atomic E-state index is 12.4. The quantitative estimate of drug-likeness (QED) is 0.535. The fraction of sp³-hybridized carbons (Fsp3) is 0.400. The number of rotatable bonds is 2. The zero-order valence-corrected chi connectivity index (χ0v) is 18.4. The molecular formula is C25H34N2O. The Balaban J connectivity index is 0.000000660. The number of hydrogen-bond donors (Lipinski definition) is 0. The highest BCUT2D eigenvalue weighted by atomic mass is 16.2. The summed E-state index contributed by atoms with van der Waals surface area (Å²) in [5, 5.41) is 1.28. The van der Waals surface area contributed by atoms with E-state index in [0.29, 0.717) is 6.42 Å². The van der Waals surface area contributed by atoms with Gasteiger partial charge in [0.05, 0.1) is 5.69 Å². The molecule has 0 saturated heterocycles. The Hall–Kier alpha value is -2.55. The van der Waals surface area contributed by atoms with Crippen LogP contribution in [0.25, 0.3) is 22.2 Å². The fourth-order valence-corrected chi connectivity index (χ4v) is 4.03. The molecule has 4 rings (SSSR count). The molecule has 1 amide bonds. The minimum atomic E-state index is 0.193. The first-order chi connectivity index (χ1) is 13.6. The van der Waals surface area contributed by atoms with E-state index in [2.05, 4.69) is 60.1 Å². The van der Waals surface area contributed by atoms with Crippen molar-refractivity contribution in [1.82, 2.24) is 9.47 Å². The van der Waals surface area contributed by atoms with Crippen molar-refractivity contribution in [1.29, 1.82) is 0 Å². The van der Waals surface area contributed by atoms with Crippen LogP contribution in [0, 0.1) is 0 Å². The molecule has 1 atom stereocenters. The van der Waals surface area contributed by atoms with Crippen LogP contribution >= 0.6 is 0 Å². The summed E-state index contributed by atoms with van der Waals surface area (Å²) >= 11 is 0. The summed E-state index contributed by atoms with van der Waals surface area (Å²) in [6.45, 7) is 8.00. The summed E-state index contributed by atoms with van der Waals surface area (Å²) in [5.74, 6) is 0.425. The third-order valence-electron chi connectivity index (χ3n) is 5.21. The van der Waals surface area contributed by atoms with Gasteiger partial charge in [-0.05, 0) is 29.5 Å².